The number of hydrogen-bond donors (Lipinski definition) is 1. The minimum Gasteiger partial charge on any atom is -0.376 e. The SMILES string of the molecule is c1cc(C2CC2)ccc1CNC1CCOC1C1CC1. The van der Waals surface area contributed by atoms with Crippen LogP contribution in [0, 0.1) is 5.92 Å². The van der Waals surface area contributed by atoms with Crippen LogP contribution in [0.25, 0.3) is 0 Å². The summed E-state index contributed by atoms with van der Waals surface area (Å²) in [5.41, 5.74) is 2.94. The lowest BCUT2D eigenvalue weighted by atomic mass is 10.0. The van der Waals surface area contributed by atoms with E-state index in [4.69, 9.17) is 4.74 Å². The molecule has 1 N–H and O–H groups in total. The van der Waals surface area contributed by atoms with Gasteiger partial charge in [-0.2, -0.15) is 0 Å². The highest BCUT2D eigenvalue weighted by Gasteiger charge is 2.40. The Labute approximate surface area is 115 Å². The minimum atomic E-state index is 0.491. The van der Waals surface area contributed by atoms with Crippen LogP contribution in [0.15, 0.2) is 24.3 Å². The molecule has 4 rings (SSSR count). The summed E-state index contributed by atoms with van der Waals surface area (Å²) in [5.74, 6) is 1.71. The summed E-state index contributed by atoms with van der Waals surface area (Å²) in [5, 5.41) is 3.71. The molecular formula is C17H23NO. The van der Waals surface area contributed by atoms with Crippen LogP contribution < -0.4 is 5.32 Å². The second kappa shape index (κ2) is 4.92. The Balaban J connectivity index is 1.33. The molecule has 1 aromatic carbocycles. The fraction of sp³-hybridized carbons (Fsp3) is 0.647. The molecule has 0 amide bonds. The molecule has 19 heavy (non-hydrogen) atoms. The van der Waals surface area contributed by atoms with Gasteiger partial charge in [-0.1, -0.05) is 24.3 Å². The van der Waals surface area contributed by atoms with Crippen molar-refractivity contribution in [1.29, 1.82) is 0 Å². The largest absolute Gasteiger partial charge is 0.376 e. The third-order valence-corrected chi connectivity index (χ3v) is 4.82. The molecule has 1 aliphatic heterocycles. The highest BCUT2D eigenvalue weighted by Crippen LogP contribution is 2.40. The molecule has 0 aromatic heterocycles. The molecule has 1 aromatic rings. The molecule has 3 aliphatic rings. The zero-order valence-corrected chi connectivity index (χ0v) is 11.5. The average Bonchev–Trinajstić information content (AvgIpc) is 3.36. The van der Waals surface area contributed by atoms with Gasteiger partial charge in [-0.15, -0.1) is 0 Å². The van der Waals surface area contributed by atoms with Gasteiger partial charge < -0.3 is 10.1 Å². The Kier molecular flexibility index (Phi) is 3.08. The predicted octanol–water partition coefficient (Wildman–Crippen LogP) is 3.22. The van der Waals surface area contributed by atoms with Gasteiger partial charge in [0.25, 0.3) is 0 Å². The molecule has 0 radical (unpaired) electrons. The van der Waals surface area contributed by atoms with Gasteiger partial charge in [0.05, 0.1) is 6.10 Å². The van der Waals surface area contributed by atoms with E-state index in [1.165, 1.54) is 43.2 Å². The minimum absolute atomic E-state index is 0.491. The summed E-state index contributed by atoms with van der Waals surface area (Å²) < 4.78 is 5.87. The van der Waals surface area contributed by atoms with E-state index in [1.807, 2.05) is 0 Å². The smallest absolute Gasteiger partial charge is 0.0757 e. The summed E-state index contributed by atoms with van der Waals surface area (Å²) in [4.78, 5) is 0. The van der Waals surface area contributed by atoms with E-state index in [0.717, 1.165) is 25.0 Å². The van der Waals surface area contributed by atoms with Crippen molar-refractivity contribution in [3.8, 4) is 0 Å². The average molecular weight is 257 g/mol. The van der Waals surface area contributed by atoms with Crippen LogP contribution >= 0.6 is 0 Å². The Morgan fingerprint density at radius 2 is 1.79 bits per heavy atom. The third-order valence-electron chi connectivity index (χ3n) is 4.82. The van der Waals surface area contributed by atoms with Crippen molar-refractivity contribution in [1.82, 2.24) is 5.32 Å². The fourth-order valence-corrected chi connectivity index (χ4v) is 3.29. The Morgan fingerprint density at radius 3 is 2.47 bits per heavy atom. The van der Waals surface area contributed by atoms with Crippen LogP contribution in [0.5, 0.6) is 0 Å². The van der Waals surface area contributed by atoms with E-state index in [9.17, 15) is 0 Å². The first-order valence-electron chi connectivity index (χ1n) is 7.84. The summed E-state index contributed by atoms with van der Waals surface area (Å²) in [6.07, 6.45) is 7.20. The van der Waals surface area contributed by atoms with E-state index in [0.29, 0.717) is 12.1 Å². The van der Waals surface area contributed by atoms with Crippen LogP contribution in [0.4, 0.5) is 0 Å². The molecule has 2 atom stereocenters. The molecule has 1 heterocycles. The Hall–Kier alpha value is -0.860. The maximum Gasteiger partial charge on any atom is 0.0757 e. The molecule has 2 unspecified atom stereocenters. The predicted molar refractivity (Wildman–Crippen MR) is 76.1 cm³/mol. The molecule has 2 saturated carbocycles. The van der Waals surface area contributed by atoms with E-state index in [1.54, 1.807) is 0 Å². The van der Waals surface area contributed by atoms with E-state index in [-0.39, 0.29) is 0 Å². The second-order valence-corrected chi connectivity index (χ2v) is 6.46. The van der Waals surface area contributed by atoms with Crippen LogP contribution in [0.2, 0.25) is 0 Å². The van der Waals surface area contributed by atoms with Crippen molar-refractivity contribution >= 4 is 0 Å². The van der Waals surface area contributed by atoms with Crippen LogP contribution in [-0.4, -0.2) is 18.8 Å². The van der Waals surface area contributed by atoms with E-state index < -0.39 is 0 Å². The number of rotatable bonds is 5. The van der Waals surface area contributed by atoms with Gasteiger partial charge in [0.2, 0.25) is 0 Å². The van der Waals surface area contributed by atoms with Gasteiger partial charge in [-0.25, -0.2) is 0 Å². The number of benzene rings is 1. The lowest BCUT2D eigenvalue weighted by Gasteiger charge is -2.19. The fourth-order valence-electron chi connectivity index (χ4n) is 3.29. The third kappa shape index (κ3) is 2.70. The van der Waals surface area contributed by atoms with Gasteiger partial charge in [-0.05, 0) is 55.1 Å². The highest BCUT2D eigenvalue weighted by molar-refractivity contribution is 5.28. The maximum atomic E-state index is 5.87. The number of nitrogens with one attached hydrogen (secondary N) is 1. The first-order valence-corrected chi connectivity index (χ1v) is 7.84. The molecule has 3 fully saturated rings. The first-order chi connectivity index (χ1) is 9.40. The molecule has 102 valence electrons. The Bertz CT molecular complexity index is 433. The van der Waals surface area contributed by atoms with E-state index in [2.05, 4.69) is 29.6 Å². The van der Waals surface area contributed by atoms with Gasteiger partial charge in [-0.3, -0.25) is 0 Å². The lowest BCUT2D eigenvalue weighted by molar-refractivity contribution is 0.0809. The Morgan fingerprint density at radius 1 is 1.00 bits per heavy atom. The quantitative estimate of drug-likeness (QED) is 0.874. The van der Waals surface area contributed by atoms with Gasteiger partial charge >= 0.3 is 0 Å². The van der Waals surface area contributed by atoms with E-state index >= 15 is 0 Å². The van der Waals surface area contributed by atoms with Crippen LogP contribution in [-0.2, 0) is 11.3 Å². The van der Waals surface area contributed by atoms with Gasteiger partial charge in [0.1, 0.15) is 0 Å². The first kappa shape index (κ1) is 11.9. The molecule has 0 bridgehead atoms. The normalized spacial score (nSPS) is 30.7. The molecule has 2 aliphatic carbocycles. The zero-order valence-electron chi connectivity index (χ0n) is 11.5. The van der Waals surface area contributed by atoms with Crippen LogP contribution in [0.3, 0.4) is 0 Å². The topological polar surface area (TPSA) is 21.3 Å². The van der Waals surface area contributed by atoms with Crippen molar-refractivity contribution in [3.05, 3.63) is 35.4 Å². The molecule has 2 heteroatoms. The molecule has 1 saturated heterocycles. The highest BCUT2D eigenvalue weighted by atomic mass is 16.5. The van der Waals surface area contributed by atoms with Crippen molar-refractivity contribution in [2.24, 2.45) is 5.92 Å². The standard InChI is InChI=1S/C17H23NO/c1-3-13(14-5-6-14)4-2-12(1)11-18-16-9-10-19-17(16)15-7-8-15/h1-4,14-18H,5-11H2. The summed E-state index contributed by atoms with van der Waals surface area (Å²) in [6.45, 7) is 1.93. The second-order valence-electron chi connectivity index (χ2n) is 6.46. The van der Waals surface area contributed by atoms with Crippen LogP contribution in [0.1, 0.15) is 49.1 Å². The van der Waals surface area contributed by atoms with Crippen molar-refractivity contribution < 1.29 is 4.74 Å². The number of hydrogen-bond acceptors (Lipinski definition) is 2. The maximum absolute atomic E-state index is 5.87. The molecule has 2 nitrogen and oxygen atoms in total. The summed E-state index contributed by atoms with van der Waals surface area (Å²) in [7, 11) is 0. The lowest BCUT2D eigenvalue weighted by Crippen LogP contribution is -2.37. The van der Waals surface area contributed by atoms with Gasteiger partial charge in [0.15, 0.2) is 0 Å². The number of ether oxygens (including phenoxy) is 1. The van der Waals surface area contributed by atoms with Gasteiger partial charge in [0, 0.05) is 19.2 Å². The molecular weight excluding hydrogens is 234 g/mol. The monoisotopic (exact) mass is 257 g/mol. The zero-order chi connectivity index (χ0) is 12.7. The summed E-state index contributed by atoms with van der Waals surface area (Å²) in [6, 6.07) is 9.80. The van der Waals surface area contributed by atoms with Crippen molar-refractivity contribution in [3.63, 3.8) is 0 Å². The van der Waals surface area contributed by atoms with Crippen molar-refractivity contribution in [2.75, 3.05) is 6.61 Å². The van der Waals surface area contributed by atoms with Crippen molar-refractivity contribution in [2.45, 2.75) is 56.7 Å². The molecule has 0 spiro atoms. The summed E-state index contributed by atoms with van der Waals surface area (Å²) >= 11 is 0.